The molecule has 0 spiro atoms. The number of anilines is 4. The van der Waals surface area contributed by atoms with Crippen molar-refractivity contribution in [3.05, 3.63) is 71.4 Å². The number of piperidine rings is 1. The van der Waals surface area contributed by atoms with Gasteiger partial charge >= 0.3 is 6.18 Å². The number of carbonyl (C=O) groups is 1. The molecule has 0 bridgehead atoms. The Morgan fingerprint density at radius 3 is 2.61 bits per heavy atom. The molecule has 36 heavy (non-hydrogen) atoms. The third kappa shape index (κ3) is 4.98. The average Bonchev–Trinajstić information content (AvgIpc) is 3.35. The van der Waals surface area contributed by atoms with Gasteiger partial charge in [-0.1, -0.05) is 12.1 Å². The van der Waals surface area contributed by atoms with Crippen LogP contribution in [0.3, 0.4) is 0 Å². The summed E-state index contributed by atoms with van der Waals surface area (Å²) < 4.78 is 39.1. The van der Waals surface area contributed by atoms with Gasteiger partial charge in [0.15, 0.2) is 5.82 Å². The molecule has 4 aromatic rings. The van der Waals surface area contributed by atoms with Crippen molar-refractivity contribution in [2.24, 2.45) is 0 Å². The van der Waals surface area contributed by atoms with Gasteiger partial charge in [-0.3, -0.25) is 4.79 Å². The smallest absolute Gasteiger partial charge is 0.357 e. The highest BCUT2D eigenvalue weighted by Gasteiger charge is 2.30. The first-order chi connectivity index (χ1) is 17.3. The van der Waals surface area contributed by atoms with Gasteiger partial charge in [0, 0.05) is 36.2 Å². The third-order valence-electron chi connectivity index (χ3n) is 6.23. The summed E-state index contributed by atoms with van der Waals surface area (Å²) in [6.07, 6.45) is 0.702. The second-order valence-corrected chi connectivity index (χ2v) is 8.85. The lowest BCUT2D eigenvalue weighted by Gasteiger charge is -2.27. The lowest BCUT2D eigenvalue weighted by Crippen LogP contribution is -2.31. The molecule has 1 fully saturated rings. The Kier molecular flexibility index (Phi) is 6.26. The highest BCUT2D eigenvalue weighted by Crippen LogP contribution is 2.31. The summed E-state index contributed by atoms with van der Waals surface area (Å²) in [6.45, 7) is 3.70. The number of amides is 1. The number of halogens is 3. The van der Waals surface area contributed by atoms with E-state index in [-0.39, 0.29) is 5.69 Å². The fraction of sp³-hybridized carbons (Fsp3) is 0.269. The molecule has 3 heterocycles. The van der Waals surface area contributed by atoms with Crippen molar-refractivity contribution in [3.63, 3.8) is 0 Å². The number of aryl methyl sites for hydroxylation is 1. The fourth-order valence-electron chi connectivity index (χ4n) is 4.26. The number of nitrogens with zero attached hydrogens (tertiary/aromatic N) is 3. The second kappa shape index (κ2) is 9.52. The molecular weight excluding hydrogens is 469 g/mol. The van der Waals surface area contributed by atoms with Crippen molar-refractivity contribution >= 4 is 40.1 Å². The van der Waals surface area contributed by atoms with E-state index in [1.807, 2.05) is 13.0 Å². The van der Waals surface area contributed by atoms with Crippen molar-refractivity contribution in [2.45, 2.75) is 32.4 Å². The molecule has 2 aromatic carbocycles. The van der Waals surface area contributed by atoms with Crippen molar-refractivity contribution in [2.75, 3.05) is 28.6 Å². The summed E-state index contributed by atoms with van der Waals surface area (Å²) in [6, 6.07) is 11.5. The van der Waals surface area contributed by atoms with Gasteiger partial charge in [-0.25, -0.2) is 4.98 Å². The average molecular weight is 495 g/mol. The monoisotopic (exact) mass is 494 g/mol. The van der Waals surface area contributed by atoms with E-state index in [0.29, 0.717) is 23.0 Å². The van der Waals surface area contributed by atoms with Gasteiger partial charge in [-0.05, 0) is 68.1 Å². The Labute approximate surface area is 205 Å². The number of hydrogen-bond acceptors (Lipinski definition) is 5. The number of hydrogen-bond donors (Lipinski definition) is 3. The van der Waals surface area contributed by atoms with Crippen LogP contribution in [0.15, 0.2) is 54.7 Å². The van der Waals surface area contributed by atoms with Crippen LogP contribution in [0.2, 0.25) is 0 Å². The minimum absolute atomic E-state index is 0.0694. The molecule has 0 saturated carbocycles. The van der Waals surface area contributed by atoms with Gasteiger partial charge in [-0.15, -0.1) is 0 Å². The zero-order chi connectivity index (χ0) is 25.3. The Morgan fingerprint density at radius 1 is 1.03 bits per heavy atom. The van der Waals surface area contributed by atoms with E-state index in [9.17, 15) is 18.0 Å². The Bertz CT molecular complexity index is 1410. The molecule has 1 aliphatic heterocycles. The third-order valence-corrected chi connectivity index (χ3v) is 6.23. The van der Waals surface area contributed by atoms with Crippen LogP contribution in [0.1, 0.15) is 40.7 Å². The number of aromatic nitrogens is 3. The number of benzene rings is 2. The maximum absolute atomic E-state index is 13.0. The van der Waals surface area contributed by atoms with Crippen molar-refractivity contribution < 1.29 is 18.0 Å². The van der Waals surface area contributed by atoms with Gasteiger partial charge in [-0.2, -0.15) is 18.2 Å². The van der Waals surface area contributed by atoms with Crippen molar-refractivity contribution in [1.29, 1.82) is 0 Å². The van der Waals surface area contributed by atoms with Crippen LogP contribution in [0.25, 0.3) is 11.0 Å². The molecular formula is C26H25F3N6O. The molecule has 3 N–H and O–H groups in total. The van der Waals surface area contributed by atoms with Crippen LogP contribution in [0.5, 0.6) is 0 Å². The largest absolute Gasteiger partial charge is 0.416 e. The Hall–Kier alpha value is -4.08. The van der Waals surface area contributed by atoms with Gasteiger partial charge in [0.05, 0.1) is 11.1 Å². The molecule has 1 amide bonds. The normalized spacial score (nSPS) is 14.2. The minimum Gasteiger partial charge on any atom is -0.357 e. The molecule has 0 radical (unpaired) electrons. The van der Waals surface area contributed by atoms with E-state index < -0.39 is 17.6 Å². The number of carbonyl (C=O) groups excluding carboxylic acids is 1. The summed E-state index contributed by atoms with van der Waals surface area (Å²) in [5.41, 5.74) is 2.61. The number of H-pyrrole nitrogens is 1. The molecule has 1 saturated heterocycles. The van der Waals surface area contributed by atoms with Crippen LogP contribution in [-0.2, 0) is 6.18 Å². The van der Waals surface area contributed by atoms with Crippen LogP contribution in [-0.4, -0.2) is 33.9 Å². The summed E-state index contributed by atoms with van der Waals surface area (Å²) in [4.78, 5) is 27.7. The highest BCUT2D eigenvalue weighted by atomic mass is 19.4. The molecule has 186 valence electrons. The molecule has 5 rings (SSSR count). The zero-order valence-electron chi connectivity index (χ0n) is 19.6. The van der Waals surface area contributed by atoms with E-state index in [1.165, 1.54) is 18.6 Å². The van der Waals surface area contributed by atoms with E-state index in [1.54, 1.807) is 24.4 Å². The Morgan fingerprint density at radius 2 is 1.83 bits per heavy atom. The quantitative estimate of drug-likeness (QED) is 0.304. The molecule has 1 aliphatic rings. The van der Waals surface area contributed by atoms with Crippen LogP contribution in [0.4, 0.5) is 36.3 Å². The van der Waals surface area contributed by atoms with Gasteiger partial charge in [0.2, 0.25) is 5.95 Å². The number of nitrogens with one attached hydrogen (secondary N) is 3. The summed E-state index contributed by atoms with van der Waals surface area (Å²) >= 11 is 0. The van der Waals surface area contributed by atoms with Crippen LogP contribution in [0, 0.1) is 6.92 Å². The predicted molar refractivity (Wildman–Crippen MR) is 134 cm³/mol. The minimum atomic E-state index is -4.49. The number of aromatic amines is 1. The number of rotatable bonds is 5. The predicted octanol–water partition coefficient (Wildman–Crippen LogP) is 6.27. The topological polar surface area (TPSA) is 85.9 Å². The lowest BCUT2D eigenvalue weighted by molar-refractivity contribution is -0.137. The van der Waals surface area contributed by atoms with E-state index in [0.717, 1.165) is 54.7 Å². The first kappa shape index (κ1) is 23.7. The molecule has 2 aromatic heterocycles. The summed E-state index contributed by atoms with van der Waals surface area (Å²) in [5, 5.41) is 5.88. The first-order valence-corrected chi connectivity index (χ1v) is 11.7. The van der Waals surface area contributed by atoms with E-state index in [4.69, 9.17) is 9.97 Å². The molecule has 7 nitrogen and oxygen atoms in total. The van der Waals surface area contributed by atoms with Crippen LogP contribution >= 0.6 is 0 Å². The summed E-state index contributed by atoms with van der Waals surface area (Å²) in [7, 11) is 0. The molecule has 0 aliphatic carbocycles. The summed E-state index contributed by atoms with van der Waals surface area (Å²) in [5.74, 6) is 0.726. The Balaban J connectivity index is 1.41. The lowest BCUT2D eigenvalue weighted by atomic mass is 10.1. The second-order valence-electron chi connectivity index (χ2n) is 8.85. The zero-order valence-corrected chi connectivity index (χ0v) is 19.6. The SMILES string of the molecule is Cc1ccc(C(=O)Nc2cccc(C(F)(F)F)c2)cc1Nc1nc(N2CCCCC2)nc2cc[nH]c12. The van der Waals surface area contributed by atoms with E-state index in [2.05, 4.69) is 20.5 Å². The standard InChI is InChI=1S/C26H25F3N6O/c1-16-8-9-17(24(36)31-19-7-5-6-18(15-19)26(27,28)29)14-21(16)32-23-22-20(10-11-30-22)33-25(34-23)35-12-3-2-4-13-35/h5-11,14-15,30H,2-4,12-13H2,1H3,(H,31,36)(H,32,33,34). The highest BCUT2D eigenvalue weighted by molar-refractivity contribution is 6.05. The first-order valence-electron chi connectivity index (χ1n) is 11.7. The number of alkyl halides is 3. The van der Waals surface area contributed by atoms with Gasteiger partial charge in [0.25, 0.3) is 5.91 Å². The maximum Gasteiger partial charge on any atom is 0.416 e. The molecule has 10 heteroatoms. The van der Waals surface area contributed by atoms with Gasteiger partial charge < -0.3 is 20.5 Å². The molecule has 0 atom stereocenters. The molecule has 0 unspecified atom stereocenters. The fourth-order valence-corrected chi connectivity index (χ4v) is 4.26. The van der Waals surface area contributed by atoms with Crippen LogP contribution < -0.4 is 15.5 Å². The number of fused-ring (bicyclic) bond motifs is 1. The van der Waals surface area contributed by atoms with Crippen molar-refractivity contribution in [1.82, 2.24) is 15.0 Å². The van der Waals surface area contributed by atoms with Gasteiger partial charge in [0.1, 0.15) is 5.52 Å². The van der Waals surface area contributed by atoms with Crippen molar-refractivity contribution in [3.8, 4) is 0 Å². The van der Waals surface area contributed by atoms with E-state index >= 15 is 0 Å². The maximum atomic E-state index is 13.0.